The Kier molecular flexibility index (Phi) is 4.11. The number of carbonyl (C=O) groups is 3. The number of carboxylic acid groups (broad SMARTS) is 1. The lowest BCUT2D eigenvalue weighted by atomic mass is 10.0. The van der Waals surface area contributed by atoms with Gasteiger partial charge in [0.2, 0.25) is 12.7 Å². The number of aliphatic carboxylic acids is 1. The molecule has 1 aliphatic heterocycles. The summed E-state index contributed by atoms with van der Waals surface area (Å²) in [6, 6.07) is 4.00. The molecule has 0 saturated carbocycles. The summed E-state index contributed by atoms with van der Waals surface area (Å²) in [6.45, 7) is 1.66. The van der Waals surface area contributed by atoms with E-state index in [9.17, 15) is 14.4 Å². The highest BCUT2D eigenvalue weighted by Crippen LogP contribution is 2.32. The van der Waals surface area contributed by atoms with Crippen molar-refractivity contribution in [3.8, 4) is 11.5 Å². The van der Waals surface area contributed by atoms with Crippen molar-refractivity contribution in [1.82, 2.24) is 4.90 Å². The normalized spacial score (nSPS) is 13.6. The van der Waals surface area contributed by atoms with E-state index >= 15 is 0 Å². The first-order valence-electron chi connectivity index (χ1n) is 6.31. The average molecular weight is 293 g/mol. The minimum absolute atomic E-state index is 0.111. The second-order valence-electron chi connectivity index (χ2n) is 4.68. The summed E-state index contributed by atoms with van der Waals surface area (Å²) in [5.74, 6) is -1.10. The number of likely N-dealkylation sites (N-methyl/N-ethyl adjacent to an activating group) is 1. The Morgan fingerprint density at radius 3 is 2.62 bits per heavy atom. The Labute approximate surface area is 121 Å². The molecule has 0 unspecified atom stereocenters. The molecule has 1 heterocycles. The minimum Gasteiger partial charge on any atom is -0.481 e. The van der Waals surface area contributed by atoms with Gasteiger partial charge in [-0.1, -0.05) is 0 Å². The maximum Gasteiger partial charge on any atom is 0.312 e. The molecule has 0 aliphatic carbocycles. The first kappa shape index (κ1) is 14.8. The van der Waals surface area contributed by atoms with E-state index in [-0.39, 0.29) is 12.6 Å². The summed E-state index contributed by atoms with van der Waals surface area (Å²) in [5.41, 5.74) is 0.377. The lowest BCUT2D eigenvalue weighted by molar-refractivity contribution is -0.144. The minimum atomic E-state index is -1.23. The van der Waals surface area contributed by atoms with Crippen molar-refractivity contribution in [1.29, 1.82) is 0 Å². The number of benzene rings is 1. The zero-order valence-electron chi connectivity index (χ0n) is 11.7. The van der Waals surface area contributed by atoms with Crippen molar-refractivity contribution in [3.63, 3.8) is 0 Å². The number of carbonyl (C=O) groups excluding carboxylic acids is 2. The highest BCUT2D eigenvalue weighted by molar-refractivity contribution is 6.03. The standard InChI is InChI=1S/C14H15NO6/c1-8(15(2)12(16)6-13(17)18)14(19)9-3-4-10-11(5-9)21-7-20-10/h3-5,8H,6-7H2,1-2H3,(H,17,18)/t8-/m1/s1. The van der Waals surface area contributed by atoms with E-state index in [1.165, 1.54) is 7.05 Å². The number of Topliss-reactive ketones (excluding diaryl/α,β-unsaturated/α-hetero) is 1. The molecule has 112 valence electrons. The highest BCUT2D eigenvalue weighted by atomic mass is 16.7. The Bertz CT molecular complexity index is 597. The molecule has 2 rings (SSSR count). The van der Waals surface area contributed by atoms with Crippen molar-refractivity contribution in [3.05, 3.63) is 23.8 Å². The predicted molar refractivity (Wildman–Crippen MR) is 71.4 cm³/mol. The van der Waals surface area contributed by atoms with Crippen molar-refractivity contribution in [2.75, 3.05) is 13.8 Å². The number of carboxylic acids is 1. The lowest BCUT2D eigenvalue weighted by Crippen LogP contribution is -2.41. The molecule has 0 radical (unpaired) electrons. The van der Waals surface area contributed by atoms with E-state index in [1.807, 2.05) is 0 Å². The molecule has 1 aromatic carbocycles. The van der Waals surface area contributed by atoms with Gasteiger partial charge in [-0.15, -0.1) is 0 Å². The van der Waals surface area contributed by atoms with Crippen LogP contribution in [0.5, 0.6) is 11.5 Å². The van der Waals surface area contributed by atoms with Crippen molar-refractivity contribution < 1.29 is 29.0 Å². The average Bonchev–Trinajstić information content (AvgIpc) is 2.91. The van der Waals surface area contributed by atoms with Gasteiger partial charge in [0.1, 0.15) is 6.42 Å². The number of nitrogens with zero attached hydrogens (tertiary/aromatic N) is 1. The van der Waals surface area contributed by atoms with E-state index in [0.29, 0.717) is 17.1 Å². The molecule has 1 aliphatic rings. The fourth-order valence-electron chi connectivity index (χ4n) is 1.94. The van der Waals surface area contributed by atoms with Crippen LogP contribution >= 0.6 is 0 Å². The Morgan fingerprint density at radius 2 is 1.95 bits per heavy atom. The van der Waals surface area contributed by atoms with Crippen molar-refractivity contribution in [2.45, 2.75) is 19.4 Å². The van der Waals surface area contributed by atoms with Gasteiger partial charge >= 0.3 is 5.97 Å². The Balaban J connectivity index is 2.12. The Hall–Kier alpha value is -2.57. The highest BCUT2D eigenvalue weighted by Gasteiger charge is 2.26. The molecular formula is C14H15NO6. The summed E-state index contributed by atoms with van der Waals surface area (Å²) < 4.78 is 10.4. The van der Waals surface area contributed by atoms with Gasteiger partial charge in [0.15, 0.2) is 17.3 Å². The molecule has 1 atom stereocenters. The SMILES string of the molecule is C[C@H](C(=O)c1ccc2c(c1)OCO2)N(C)C(=O)CC(=O)O. The van der Waals surface area contributed by atoms with Gasteiger partial charge in [-0.05, 0) is 25.1 Å². The van der Waals surface area contributed by atoms with Crippen LogP contribution < -0.4 is 9.47 Å². The third-order valence-corrected chi connectivity index (χ3v) is 3.31. The molecule has 21 heavy (non-hydrogen) atoms. The van der Waals surface area contributed by atoms with Crippen LogP contribution in [-0.4, -0.2) is 47.5 Å². The summed E-state index contributed by atoms with van der Waals surface area (Å²) >= 11 is 0. The topological polar surface area (TPSA) is 93.1 Å². The van der Waals surface area contributed by atoms with Crippen LogP contribution in [0.1, 0.15) is 23.7 Å². The van der Waals surface area contributed by atoms with E-state index < -0.39 is 24.3 Å². The lowest BCUT2D eigenvalue weighted by Gasteiger charge is -2.23. The van der Waals surface area contributed by atoms with Crippen LogP contribution in [0.15, 0.2) is 18.2 Å². The van der Waals surface area contributed by atoms with Crippen LogP contribution in [0.25, 0.3) is 0 Å². The molecule has 0 bridgehead atoms. The number of rotatable bonds is 5. The fraction of sp³-hybridized carbons (Fsp3) is 0.357. The maximum atomic E-state index is 12.3. The zero-order chi connectivity index (χ0) is 15.6. The molecule has 0 spiro atoms. The monoisotopic (exact) mass is 293 g/mol. The molecule has 7 heteroatoms. The van der Waals surface area contributed by atoms with Gasteiger partial charge in [-0.25, -0.2) is 0 Å². The third-order valence-electron chi connectivity index (χ3n) is 3.31. The van der Waals surface area contributed by atoms with E-state index in [1.54, 1.807) is 25.1 Å². The van der Waals surface area contributed by atoms with E-state index in [4.69, 9.17) is 14.6 Å². The molecule has 1 N–H and O–H groups in total. The summed E-state index contributed by atoms with van der Waals surface area (Å²) in [7, 11) is 1.40. The molecular weight excluding hydrogens is 278 g/mol. The number of fused-ring (bicyclic) bond motifs is 1. The van der Waals surface area contributed by atoms with Gasteiger partial charge in [0.05, 0.1) is 6.04 Å². The number of ketones is 1. The number of hydrogen-bond acceptors (Lipinski definition) is 5. The fourth-order valence-corrected chi connectivity index (χ4v) is 1.94. The van der Waals surface area contributed by atoms with Gasteiger partial charge in [-0.3, -0.25) is 14.4 Å². The summed E-state index contributed by atoms with van der Waals surface area (Å²) in [6.07, 6.45) is -0.644. The molecule has 1 amide bonds. The second kappa shape index (κ2) is 5.82. The first-order chi connectivity index (χ1) is 9.90. The van der Waals surface area contributed by atoms with Gasteiger partial charge in [0.25, 0.3) is 0 Å². The number of amides is 1. The smallest absolute Gasteiger partial charge is 0.312 e. The Morgan fingerprint density at radius 1 is 1.29 bits per heavy atom. The quantitative estimate of drug-likeness (QED) is 0.641. The maximum absolute atomic E-state index is 12.3. The van der Waals surface area contributed by atoms with Crippen LogP contribution in [0.2, 0.25) is 0 Å². The zero-order valence-corrected chi connectivity index (χ0v) is 11.7. The predicted octanol–water partition coefficient (Wildman–Crippen LogP) is 0.920. The molecule has 7 nitrogen and oxygen atoms in total. The summed E-state index contributed by atoms with van der Waals surface area (Å²) in [5, 5.41) is 8.61. The second-order valence-corrected chi connectivity index (χ2v) is 4.68. The molecule has 1 aromatic rings. The van der Waals surface area contributed by atoms with Gasteiger partial charge in [0, 0.05) is 12.6 Å². The van der Waals surface area contributed by atoms with Crippen LogP contribution in [0, 0.1) is 0 Å². The number of hydrogen-bond donors (Lipinski definition) is 1. The summed E-state index contributed by atoms with van der Waals surface area (Å²) in [4.78, 5) is 35.7. The van der Waals surface area contributed by atoms with E-state index in [2.05, 4.69) is 0 Å². The molecule has 0 aromatic heterocycles. The largest absolute Gasteiger partial charge is 0.481 e. The third kappa shape index (κ3) is 3.13. The van der Waals surface area contributed by atoms with Crippen molar-refractivity contribution >= 4 is 17.7 Å². The van der Waals surface area contributed by atoms with E-state index in [0.717, 1.165) is 4.90 Å². The van der Waals surface area contributed by atoms with Crippen LogP contribution in [0.4, 0.5) is 0 Å². The molecule has 0 fully saturated rings. The van der Waals surface area contributed by atoms with Crippen LogP contribution in [0.3, 0.4) is 0 Å². The molecule has 0 saturated heterocycles. The van der Waals surface area contributed by atoms with Crippen molar-refractivity contribution in [2.24, 2.45) is 0 Å². The van der Waals surface area contributed by atoms with Gasteiger partial charge in [-0.2, -0.15) is 0 Å². The van der Waals surface area contributed by atoms with Gasteiger partial charge < -0.3 is 19.5 Å². The van der Waals surface area contributed by atoms with Crippen LogP contribution in [-0.2, 0) is 9.59 Å². The number of ether oxygens (including phenoxy) is 2. The first-order valence-corrected chi connectivity index (χ1v) is 6.31.